The lowest BCUT2D eigenvalue weighted by Crippen LogP contribution is -2.50. The van der Waals surface area contributed by atoms with Crippen LogP contribution in [0.4, 0.5) is 0 Å². The zero-order valence-electron chi connectivity index (χ0n) is 13.9. The van der Waals surface area contributed by atoms with Gasteiger partial charge < -0.3 is 4.74 Å². The monoisotopic (exact) mass is 310 g/mol. The molecule has 0 aromatic carbocycles. The van der Waals surface area contributed by atoms with E-state index in [-0.39, 0.29) is 0 Å². The third kappa shape index (κ3) is 8.06. The zero-order chi connectivity index (χ0) is 16.0. The van der Waals surface area contributed by atoms with Gasteiger partial charge in [0, 0.05) is 7.11 Å². The number of hydrogen-bond acceptors (Lipinski definition) is 7. The summed E-state index contributed by atoms with van der Waals surface area (Å²) < 4.78 is 5.39. The van der Waals surface area contributed by atoms with E-state index in [4.69, 9.17) is 19.4 Å². The lowest BCUT2D eigenvalue weighted by molar-refractivity contribution is -0.636. The first-order valence-electron chi connectivity index (χ1n) is 7.39. The van der Waals surface area contributed by atoms with Gasteiger partial charge in [0.2, 0.25) is 0 Å². The summed E-state index contributed by atoms with van der Waals surface area (Å²) in [7, 11) is 5.55. The molecule has 0 aromatic rings. The standard InChI is InChI=1S/C14H30O7/c1-6-7-8-9-10-11-12-13(15-2)14(19-16-3,20-17-4)21-18-5/h13H,6-12H2,1-5H3. The van der Waals surface area contributed by atoms with E-state index in [0.29, 0.717) is 6.42 Å². The van der Waals surface area contributed by atoms with Crippen molar-refractivity contribution in [2.24, 2.45) is 0 Å². The summed E-state index contributed by atoms with van der Waals surface area (Å²) in [5.74, 6) is -1.73. The second-order valence-corrected chi connectivity index (χ2v) is 4.63. The van der Waals surface area contributed by atoms with Gasteiger partial charge >= 0.3 is 5.97 Å². The predicted octanol–water partition coefficient (Wildman–Crippen LogP) is 3.14. The van der Waals surface area contributed by atoms with Gasteiger partial charge in [-0.3, -0.25) is 0 Å². The van der Waals surface area contributed by atoms with Crippen molar-refractivity contribution in [3.05, 3.63) is 0 Å². The first-order valence-corrected chi connectivity index (χ1v) is 7.39. The maximum Gasteiger partial charge on any atom is 0.390 e. The van der Waals surface area contributed by atoms with Crippen molar-refractivity contribution < 1.29 is 34.1 Å². The molecular formula is C14H30O7. The van der Waals surface area contributed by atoms with E-state index >= 15 is 0 Å². The van der Waals surface area contributed by atoms with E-state index < -0.39 is 12.1 Å². The Kier molecular flexibility index (Phi) is 13.2. The molecule has 1 atom stereocenters. The minimum atomic E-state index is -1.73. The lowest BCUT2D eigenvalue weighted by atomic mass is 10.1. The molecule has 0 aliphatic heterocycles. The van der Waals surface area contributed by atoms with Crippen LogP contribution < -0.4 is 0 Å². The van der Waals surface area contributed by atoms with E-state index in [1.165, 1.54) is 54.1 Å². The summed E-state index contributed by atoms with van der Waals surface area (Å²) in [6.07, 6.45) is 7.07. The van der Waals surface area contributed by atoms with Crippen LogP contribution in [-0.2, 0) is 34.1 Å². The highest BCUT2D eigenvalue weighted by molar-refractivity contribution is 4.69. The van der Waals surface area contributed by atoms with Gasteiger partial charge in [-0.05, 0) is 6.42 Å². The molecule has 0 aliphatic rings. The van der Waals surface area contributed by atoms with Gasteiger partial charge in [-0.1, -0.05) is 45.4 Å². The predicted molar refractivity (Wildman–Crippen MR) is 75.8 cm³/mol. The van der Waals surface area contributed by atoms with Crippen LogP contribution in [-0.4, -0.2) is 40.5 Å². The molecule has 0 spiro atoms. The number of methoxy groups -OCH3 is 1. The fourth-order valence-corrected chi connectivity index (χ4v) is 2.10. The van der Waals surface area contributed by atoms with Gasteiger partial charge in [0.1, 0.15) is 6.10 Å². The Morgan fingerprint density at radius 3 is 1.62 bits per heavy atom. The van der Waals surface area contributed by atoms with Crippen LogP contribution in [0.3, 0.4) is 0 Å². The molecule has 0 saturated carbocycles. The third-order valence-electron chi connectivity index (χ3n) is 3.10. The topological polar surface area (TPSA) is 64.6 Å². The molecule has 0 aliphatic carbocycles. The van der Waals surface area contributed by atoms with E-state index in [1.807, 2.05) is 0 Å². The highest BCUT2D eigenvalue weighted by Crippen LogP contribution is 2.27. The largest absolute Gasteiger partial charge is 0.390 e. The van der Waals surface area contributed by atoms with Crippen LogP contribution in [0.15, 0.2) is 0 Å². The quantitative estimate of drug-likeness (QED) is 0.199. The summed E-state index contributed by atoms with van der Waals surface area (Å²) in [6.45, 7) is 2.20. The molecule has 0 rings (SSSR count). The van der Waals surface area contributed by atoms with Crippen LogP contribution >= 0.6 is 0 Å². The van der Waals surface area contributed by atoms with Crippen LogP contribution in [0.5, 0.6) is 0 Å². The molecule has 1 unspecified atom stereocenters. The first-order chi connectivity index (χ1) is 10.2. The first kappa shape index (κ1) is 20.7. The number of hydrogen-bond donors (Lipinski definition) is 0. The second kappa shape index (κ2) is 13.4. The molecule has 21 heavy (non-hydrogen) atoms. The van der Waals surface area contributed by atoms with Gasteiger partial charge in [0.05, 0.1) is 21.3 Å². The van der Waals surface area contributed by atoms with Gasteiger partial charge in [-0.25, -0.2) is 14.7 Å². The Bertz CT molecular complexity index is 208. The van der Waals surface area contributed by atoms with Gasteiger partial charge in [0.15, 0.2) is 0 Å². The maximum absolute atomic E-state index is 5.39. The molecule has 0 radical (unpaired) electrons. The number of ether oxygens (including phenoxy) is 1. The summed E-state index contributed by atoms with van der Waals surface area (Å²) in [4.78, 5) is 29.1. The number of unbranched alkanes of at least 4 members (excludes halogenated alkanes) is 5. The number of rotatable bonds is 15. The Morgan fingerprint density at radius 2 is 1.19 bits per heavy atom. The lowest BCUT2D eigenvalue weighted by Gasteiger charge is -2.33. The molecule has 0 fully saturated rings. The van der Waals surface area contributed by atoms with E-state index in [1.54, 1.807) is 0 Å². The Labute approximate surface area is 127 Å². The van der Waals surface area contributed by atoms with E-state index in [2.05, 4.69) is 21.6 Å². The zero-order valence-corrected chi connectivity index (χ0v) is 13.9. The van der Waals surface area contributed by atoms with Gasteiger partial charge in [-0.2, -0.15) is 14.7 Å². The SMILES string of the molecule is CCCCCCCCC(OC)C(OOC)(OOC)OOC. The smallest absolute Gasteiger partial charge is 0.373 e. The fourth-order valence-electron chi connectivity index (χ4n) is 2.10. The van der Waals surface area contributed by atoms with Gasteiger partial charge in [0.25, 0.3) is 0 Å². The molecule has 0 aromatic heterocycles. The summed E-state index contributed by atoms with van der Waals surface area (Å²) >= 11 is 0. The molecule has 128 valence electrons. The molecular weight excluding hydrogens is 280 g/mol. The average Bonchev–Trinajstić information content (AvgIpc) is 2.47. The van der Waals surface area contributed by atoms with Crippen molar-refractivity contribution in [1.82, 2.24) is 0 Å². The van der Waals surface area contributed by atoms with Crippen molar-refractivity contribution in [3.63, 3.8) is 0 Å². The molecule has 0 saturated heterocycles. The highest BCUT2D eigenvalue weighted by Gasteiger charge is 2.47. The molecule has 7 nitrogen and oxygen atoms in total. The molecule has 0 heterocycles. The molecule has 7 heteroatoms. The summed E-state index contributed by atoms with van der Waals surface area (Å²) in [6, 6.07) is 0. The Hall–Kier alpha value is -0.280. The Morgan fingerprint density at radius 1 is 0.714 bits per heavy atom. The van der Waals surface area contributed by atoms with E-state index in [9.17, 15) is 0 Å². The third-order valence-corrected chi connectivity index (χ3v) is 3.10. The van der Waals surface area contributed by atoms with Crippen LogP contribution in [0.2, 0.25) is 0 Å². The van der Waals surface area contributed by atoms with Crippen LogP contribution in [0, 0.1) is 0 Å². The van der Waals surface area contributed by atoms with Crippen LogP contribution in [0.1, 0.15) is 51.9 Å². The van der Waals surface area contributed by atoms with Crippen molar-refractivity contribution in [3.8, 4) is 0 Å². The van der Waals surface area contributed by atoms with Crippen molar-refractivity contribution >= 4 is 0 Å². The normalized spacial score (nSPS) is 13.6. The Balaban J connectivity index is 4.43. The van der Waals surface area contributed by atoms with Crippen LogP contribution in [0.25, 0.3) is 0 Å². The fraction of sp³-hybridized carbons (Fsp3) is 1.00. The molecule has 0 bridgehead atoms. The minimum absolute atomic E-state index is 0.566. The highest BCUT2D eigenvalue weighted by atomic mass is 17.4. The average molecular weight is 310 g/mol. The maximum atomic E-state index is 5.39. The van der Waals surface area contributed by atoms with Crippen molar-refractivity contribution in [2.45, 2.75) is 63.9 Å². The van der Waals surface area contributed by atoms with Gasteiger partial charge in [-0.15, -0.1) is 0 Å². The van der Waals surface area contributed by atoms with Crippen molar-refractivity contribution in [2.75, 3.05) is 28.4 Å². The van der Waals surface area contributed by atoms with E-state index in [0.717, 1.165) is 12.8 Å². The summed E-state index contributed by atoms with van der Waals surface area (Å²) in [5.41, 5.74) is 0. The second-order valence-electron chi connectivity index (χ2n) is 4.63. The molecule has 0 amide bonds. The van der Waals surface area contributed by atoms with Crippen molar-refractivity contribution in [1.29, 1.82) is 0 Å². The molecule has 0 N–H and O–H groups in total. The summed E-state index contributed by atoms with van der Waals surface area (Å²) in [5, 5.41) is 0. The minimum Gasteiger partial charge on any atom is -0.373 e.